The van der Waals surface area contributed by atoms with E-state index in [0.717, 1.165) is 24.8 Å². The number of hydrazine groups is 1. The first-order valence-corrected chi connectivity index (χ1v) is 12.3. The zero-order valence-electron chi connectivity index (χ0n) is 21.7. The van der Waals surface area contributed by atoms with Crippen molar-refractivity contribution in [3.63, 3.8) is 0 Å². The SMILES string of the molecule is COc1cccc(C(C(=N)N(N)CCc2ccccc2)N2CCC(C(=O)C(C)(C)C)CC2)c1OC. The van der Waals surface area contributed by atoms with Crippen LogP contribution in [0, 0.1) is 16.7 Å². The van der Waals surface area contributed by atoms with Crippen LogP contribution in [0.25, 0.3) is 0 Å². The van der Waals surface area contributed by atoms with Crippen LogP contribution in [0.1, 0.15) is 50.8 Å². The molecule has 1 saturated heterocycles. The molecule has 1 aliphatic rings. The van der Waals surface area contributed by atoms with E-state index in [1.54, 1.807) is 14.2 Å². The second-order valence-corrected chi connectivity index (χ2v) is 10.2. The van der Waals surface area contributed by atoms with Crippen LogP contribution < -0.4 is 15.3 Å². The van der Waals surface area contributed by atoms with Crippen molar-refractivity contribution in [2.45, 2.75) is 46.1 Å². The Kier molecular flexibility index (Phi) is 8.92. The van der Waals surface area contributed by atoms with Crippen molar-refractivity contribution < 1.29 is 14.3 Å². The number of likely N-dealkylation sites (tertiary alicyclic amines) is 1. The van der Waals surface area contributed by atoms with Gasteiger partial charge in [-0.2, -0.15) is 0 Å². The van der Waals surface area contributed by atoms with E-state index in [1.807, 2.05) is 57.2 Å². The number of carbonyl (C=O) groups excluding carboxylic acids is 1. The van der Waals surface area contributed by atoms with Gasteiger partial charge in [0, 0.05) is 23.4 Å². The predicted molar refractivity (Wildman–Crippen MR) is 140 cm³/mol. The fraction of sp³-hybridized carbons (Fsp3) is 0.500. The lowest BCUT2D eigenvalue weighted by Crippen LogP contribution is -2.49. The number of amidine groups is 1. The van der Waals surface area contributed by atoms with E-state index in [1.165, 1.54) is 10.6 Å². The van der Waals surface area contributed by atoms with Gasteiger partial charge in [0.15, 0.2) is 11.5 Å². The molecule has 0 saturated carbocycles. The molecule has 0 radical (unpaired) electrons. The highest BCUT2D eigenvalue weighted by Gasteiger charge is 2.37. The van der Waals surface area contributed by atoms with Gasteiger partial charge >= 0.3 is 0 Å². The Morgan fingerprint density at radius 1 is 1.09 bits per heavy atom. The number of rotatable bonds is 9. The number of carbonyl (C=O) groups is 1. The number of ketones is 1. The minimum atomic E-state index is -0.411. The number of methoxy groups -OCH3 is 2. The van der Waals surface area contributed by atoms with Crippen molar-refractivity contribution in [1.82, 2.24) is 9.91 Å². The van der Waals surface area contributed by atoms with Crippen LogP contribution in [0.4, 0.5) is 0 Å². The average molecular weight is 481 g/mol. The van der Waals surface area contributed by atoms with Crippen LogP contribution in [0.3, 0.4) is 0 Å². The highest BCUT2D eigenvalue weighted by Crippen LogP contribution is 2.39. The molecule has 7 nitrogen and oxygen atoms in total. The molecule has 0 spiro atoms. The third kappa shape index (κ3) is 6.41. The number of para-hydroxylation sites is 1. The Hall–Kier alpha value is -2.90. The van der Waals surface area contributed by atoms with Gasteiger partial charge in [-0.3, -0.25) is 20.1 Å². The summed E-state index contributed by atoms with van der Waals surface area (Å²) in [7, 11) is 3.23. The van der Waals surface area contributed by atoms with Gasteiger partial charge in [0.1, 0.15) is 11.6 Å². The van der Waals surface area contributed by atoms with Crippen LogP contribution in [0.2, 0.25) is 0 Å². The summed E-state index contributed by atoms with van der Waals surface area (Å²) in [6, 6.07) is 15.5. The molecule has 0 amide bonds. The van der Waals surface area contributed by atoms with E-state index < -0.39 is 6.04 Å². The highest BCUT2D eigenvalue weighted by molar-refractivity contribution is 5.87. The van der Waals surface area contributed by atoms with Crippen LogP contribution in [-0.2, 0) is 11.2 Å². The maximum atomic E-state index is 12.9. The van der Waals surface area contributed by atoms with E-state index in [0.29, 0.717) is 42.8 Å². The van der Waals surface area contributed by atoms with E-state index in [-0.39, 0.29) is 11.3 Å². The Labute approximate surface area is 209 Å². The largest absolute Gasteiger partial charge is 0.493 e. The van der Waals surface area contributed by atoms with E-state index in [4.69, 9.17) is 20.7 Å². The monoisotopic (exact) mass is 480 g/mol. The smallest absolute Gasteiger partial charge is 0.165 e. The summed E-state index contributed by atoms with van der Waals surface area (Å²) in [5.41, 5.74) is 1.67. The summed E-state index contributed by atoms with van der Waals surface area (Å²) < 4.78 is 11.3. The molecular weight excluding hydrogens is 440 g/mol. The number of ether oxygens (including phenoxy) is 2. The van der Waals surface area contributed by atoms with Crippen LogP contribution >= 0.6 is 0 Å². The summed E-state index contributed by atoms with van der Waals surface area (Å²) in [4.78, 5) is 15.1. The first-order chi connectivity index (χ1) is 16.7. The molecule has 1 atom stereocenters. The molecule has 190 valence electrons. The molecule has 2 aromatic rings. The minimum Gasteiger partial charge on any atom is -0.493 e. The summed E-state index contributed by atoms with van der Waals surface area (Å²) in [5.74, 6) is 8.34. The van der Waals surface area contributed by atoms with Crippen LogP contribution in [0.5, 0.6) is 11.5 Å². The maximum absolute atomic E-state index is 12.9. The summed E-state index contributed by atoms with van der Waals surface area (Å²) in [6.45, 7) is 7.88. The lowest BCUT2D eigenvalue weighted by Gasteiger charge is -2.40. The van der Waals surface area contributed by atoms with Crippen molar-refractivity contribution in [2.24, 2.45) is 17.2 Å². The molecule has 0 aromatic heterocycles. The van der Waals surface area contributed by atoms with Crippen LogP contribution in [-0.4, -0.2) is 55.4 Å². The summed E-state index contributed by atoms with van der Waals surface area (Å²) in [6.07, 6.45) is 2.27. The molecule has 1 heterocycles. The fourth-order valence-corrected chi connectivity index (χ4v) is 4.85. The predicted octanol–water partition coefficient (Wildman–Crippen LogP) is 4.47. The molecule has 1 aliphatic heterocycles. The topological polar surface area (TPSA) is 91.9 Å². The number of hydrogen-bond donors (Lipinski definition) is 2. The number of piperidine rings is 1. The first-order valence-electron chi connectivity index (χ1n) is 12.3. The van der Waals surface area contributed by atoms with Crippen molar-refractivity contribution in [3.05, 3.63) is 59.7 Å². The molecule has 3 rings (SSSR count). The molecule has 3 N–H and O–H groups in total. The van der Waals surface area contributed by atoms with Gasteiger partial charge in [0.05, 0.1) is 20.3 Å². The molecule has 35 heavy (non-hydrogen) atoms. The minimum absolute atomic E-state index is 0.0420. The van der Waals surface area contributed by atoms with Gasteiger partial charge in [-0.25, -0.2) is 5.84 Å². The third-order valence-electron chi connectivity index (χ3n) is 6.79. The second-order valence-electron chi connectivity index (χ2n) is 10.2. The standard InChI is InChI=1S/C28H40N4O3/c1-28(2,3)26(33)21-15-17-31(18-16-21)24(22-12-9-13-23(34-4)25(22)35-5)27(29)32(30)19-14-20-10-7-6-8-11-20/h6-13,21,24,29H,14-19,30H2,1-5H3. The van der Waals surface area contributed by atoms with E-state index in [9.17, 15) is 4.79 Å². The zero-order valence-corrected chi connectivity index (χ0v) is 21.7. The molecule has 7 heteroatoms. The van der Waals surface area contributed by atoms with Crippen molar-refractivity contribution in [1.29, 1.82) is 5.41 Å². The Bertz CT molecular complexity index is 995. The average Bonchev–Trinajstić information content (AvgIpc) is 2.87. The van der Waals surface area contributed by atoms with Gasteiger partial charge in [-0.1, -0.05) is 63.2 Å². The third-order valence-corrected chi connectivity index (χ3v) is 6.79. The molecule has 1 unspecified atom stereocenters. The number of benzene rings is 2. The van der Waals surface area contributed by atoms with E-state index in [2.05, 4.69) is 17.0 Å². The Morgan fingerprint density at radius 3 is 2.31 bits per heavy atom. The molecule has 0 aliphatic carbocycles. The lowest BCUT2D eigenvalue weighted by atomic mass is 9.78. The number of hydrogen-bond acceptors (Lipinski definition) is 6. The van der Waals surface area contributed by atoms with Gasteiger partial charge < -0.3 is 9.47 Å². The normalized spacial score (nSPS) is 15.9. The van der Waals surface area contributed by atoms with Gasteiger partial charge in [-0.05, 0) is 44.0 Å². The Balaban J connectivity index is 1.86. The molecular formula is C28H40N4O3. The zero-order chi connectivity index (χ0) is 25.6. The van der Waals surface area contributed by atoms with Gasteiger partial charge in [-0.15, -0.1) is 0 Å². The Morgan fingerprint density at radius 2 is 1.74 bits per heavy atom. The van der Waals surface area contributed by atoms with Gasteiger partial charge in [0.25, 0.3) is 0 Å². The van der Waals surface area contributed by atoms with Crippen molar-refractivity contribution in [3.8, 4) is 11.5 Å². The number of nitrogens with two attached hydrogens (primary N) is 1. The number of Topliss-reactive ketones (excluding diaryl/α,β-unsaturated/α-hetero) is 1. The number of nitrogens with zero attached hydrogens (tertiary/aromatic N) is 2. The highest BCUT2D eigenvalue weighted by atomic mass is 16.5. The quantitative estimate of drug-likeness (QED) is 0.238. The first kappa shape index (κ1) is 26.7. The number of nitrogens with one attached hydrogen (secondary N) is 1. The molecule has 0 bridgehead atoms. The lowest BCUT2D eigenvalue weighted by molar-refractivity contribution is -0.132. The van der Waals surface area contributed by atoms with E-state index >= 15 is 0 Å². The van der Waals surface area contributed by atoms with Crippen molar-refractivity contribution >= 4 is 11.6 Å². The fourth-order valence-electron chi connectivity index (χ4n) is 4.85. The maximum Gasteiger partial charge on any atom is 0.165 e. The molecule has 1 fully saturated rings. The summed E-state index contributed by atoms with van der Waals surface area (Å²) in [5, 5.41) is 10.7. The second kappa shape index (κ2) is 11.7. The van der Waals surface area contributed by atoms with Crippen molar-refractivity contribution in [2.75, 3.05) is 33.9 Å². The summed E-state index contributed by atoms with van der Waals surface area (Å²) >= 11 is 0. The molecule has 2 aromatic carbocycles. The van der Waals surface area contributed by atoms with Crippen LogP contribution in [0.15, 0.2) is 48.5 Å². The van der Waals surface area contributed by atoms with Gasteiger partial charge in [0.2, 0.25) is 0 Å².